The summed E-state index contributed by atoms with van der Waals surface area (Å²) in [4.78, 5) is 12.9. The van der Waals surface area contributed by atoms with Crippen molar-refractivity contribution in [3.63, 3.8) is 0 Å². The molecule has 1 rings (SSSR count). The lowest BCUT2D eigenvalue weighted by atomic mass is 9.99. The lowest BCUT2D eigenvalue weighted by Crippen LogP contribution is -2.60. The molecule has 7 atom stereocenters. The van der Waals surface area contributed by atoms with E-state index in [9.17, 15) is 30.3 Å². The van der Waals surface area contributed by atoms with Gasteiger partial charge >= 0.3 is 0 Å². The quantitative estimate of drug-likeness (QED) is 0.0376. The highest BCUT2D eigenvalue weighted by atomic mass is 16.7. The van der Waals surface area contributed by atoms with Gasteiger partial charge in [-0.2, -0.15) is 0 Å². The van der Waals surface area contributed by atoms with Gasteiger partial charge in [-0.25, -0.2) is 0 Å². The Kier molecular flexibility index (Phi) is 30.1. The van der Waals surface area contributed by atoms with E-state index >= 15 is 0 Å². The van der Waals surface area contributed by atoms with E-state index in [2.05, 4.69) is 19.2 Å². The van der Waals surface area contributed by atoms with Crippen LogP contribution in [-0.4, -0.2) is 87.5 Å². The molecule has 9 nitrogen and oxygen atoms in total. The Hall–Kier alpha value is -0.810. The zero-order valence-corrected chi connectivity index (χ0v) is 31.7. The number of amides is 1. The number of hydrogen-bond donors (Lipinski definition) is 6. The number of ether oxygens (including phenoxy) is 2. The third-order valence-electron chi connectivity index (χ3n) is 10.2. The van der Waals surface area contributed by atoms with Crippen molar-refractivity contribution in [3.8, 4) is 0 Å². The van der Waals surface area contributed by atoms with Gasteiger partial charge < -0.3 is 40.3 Å². The van der Waals surface area contributed by atoms with Crippen LogP contribution >= 0.6 is 0 Å². The van der Waals surface area contributed by atoms with Crippen LogP contribution in [0.1, 0.15) is 194 Å². The molecule has 1 saturated heterocycles. The molecule has 0 saturated carbocycles. The van der Waals surface area contributed by atoms with Crippen LogP contribution in [0.4, 0.5) is 0 Å². The Labute approximate surface area is 300 Å². The maximum atomic E-state index is 12.9. The van der Waals surface area contributed by atoms with Gasteiger partial charge in [0, 0.05) is 6.42 Å². The topological polar surface area (TPSA) is 149 Å². The SMILES string of the molecule is CCCCCCCCCCCCCCCCCC(O)C(COC1OC(CO)C(O)C(O)C1O)NC(=O)CCCCCCCCCCCCC. The van der Waals surface area contributed by atoms with Gasteiger partial charge in [-0.05, 0) is 12.8 Å². The van der Waals surface area contributed by atoms with Crippen molar-refractivity contribution in [1.29, 1.82) is 0 Å². The van der Waals surface area contributed by atoms with E-state index in [1.165, 1.54) is 128 Å². The highest BCUT2D eigenvalue weighted by Crippen LogP contribution is 2.23. The predicted molar refractivity (Wildman–Crippen MR) is 198 cm³/mol. The fourth-order valence-electron chi connectivity index (χ4n) is 6.81. The number of nitrogens with one attached hydrogen (secondary N) is 1. The largest absolute Gasteiger partial charge is 0.394 e. The predicted octanol–water partition coefficient (Wildman–Crippen LogP) is 7.61. The zero-order valence-electron chi connectivity index (χ0n) is 31.7. The molecule has 0 aromatic heterocycles. The van der Waals surface area contributed by atoms with Gasteiger partial charge in [-0.1, -0.05) is 174 Å². The van der Waals surface area contributed by atoms with E-state index in [1.807, 2.05) is 0 Å². The molecule has 0 aromatic rings. The second kappa shape index (κ2) is 31.9. The van der Waals surface area contributed by atoms with Crippen LogP contribution in [-0.2, 0) is 14.3 Å². The van der Waals surface area contributed by atoms with Crippen LogP contribution in [0.2, 0.25) is 0 Å². The van der Waals surface area contributed by atoms with E-state index < -0.39 is 49.5 Å². The molecule has 0 aromatic carbocycles. The van der Waals surface area contributed by atoms with Gasteiger partial charge in [0.1, 0.15) is 24.4 Å². The number of carbonyl (C=O) groups is 1. The molecule has 0 spiro atoms. The fraction of sp³-hybridized carbons (Fsp3) is 0.975. The number of hydrogen-bond acceptors (Lipinski definition) is 8. The van der Waals surface area contributed by atoms with Crippen molar-refractivity contribution in [3.05, 3.63) is 0 Å². The van der Waals surface area contributed by atoms with Gasteiger partial charge in [0.05, 0.1) is 25.4 Å². The molecule has 1 aliphatic heterocycles. The van der Waals surface area contributed by atoms with Crippen LogP contribution < -0.4 is 5.32 Å². The van der Waals surface area contributed by atoms with Gasteiger partial charge in [0.25, 0.3) is 0 Å². The Morgan fingerprint density at radius 3 is 1.45 bits per heavy atom. The normalized spacial score (nSPS) is 22.3. The number of carbonyl (C=O) groups excluding carboxylic acids is 1. The maximum absolute atomic E-state index is 12.9. The number of unbranched alkanes of at least 4 members (excludes halogenated alkanes) is 24. The molecule has 49 heavy (non-hydrogen) atoms. The van der Waals surface area contributed by atoms with Crippen molar-refractivity contribution < 1.29 is 39.8 Å². The fourth-order valence-corrected chi connectivity index (χ4v) is 6.81. The highest BCUT2D eigenvalue weighted by Gasteiger charge is 2.44. The average Bonchev–Trinajstić information content (AvgIpc) is 3.10. The molecule has 6 N–H and O–H groups in total. The van der Waals surface area contributed by atoms with Crippen LogP contribution in [0.3, 0.4) is 0 Å². The average molecular weight is 702 g/mol. The van der Waals surface area contributed by atoms with Crippen molar-refractivity contribution in [2.24, 2.45) is 0 Å². The minimum Gasteiger partial charge on any atom is -0.394 e. The molecule has 1 amide bonds. The molecule has 0 aliphatic carbocycles. The second-order valence-electron chi connectivity index (χ2n) is 14.8. The molecule has 1 heterocycles. The second-order valence-corrected chi connectivity index (χ2v) is 14.8. The number of rotatable bonds is 34. The van der Waals surface area contributed by atoms with Crippen LogP contribution in [0, 0.1) is 0 Å². The molecule has 292 valence electrons. The molecule has 7 unspecified atom stereocenters. The molecule has 9 heteroatoms. The van der Waals surface area contributed by atoms with E-state index in [1.54, 1.807) is 0 Å². The van der Waals surface area contributed by atoms with Gasteiger partial charge in [0.2, 0.25) is 5.91 Å². The Bertz CT molecular complexity index is 741. The van der Waals surface area contributed by atoms with Crippen LogP contribution in [0.15, 0.2) is 0 Å². The van der Waals surface area contributed by atoms with Crippen LogP contribution in [0.5, 0.6) is 0 Å². The lowest BCUT2D eigenvalue weighted by molar-refractivity contribution is -0.302. The Morgan fingerprint density at radius 2 is 1.02 bits per heavy atom. The first-order valence-electron chi connectivity index (χ1n) is 20.7. The summed E-state index contributed by atoms with van der Waals surface area (Å²) in [5.74, 6) is -0.145. The van der Waals surface area contributed by atoms with E-state index in [0.717, 1.165) is 38.5 Å². The molecule has 0 radical (unpaired) electrons. The van der Waals surface area contributed by atoms with E-state index in [0.29, 0.717) is 12.8 Å². The van der Waals surface area contributed by atoms with Crippen LogP contribution in [0.25, 0.3) is 0 Å². The summed E-state index contributed by atoms with van der Waals surface area (Å²) in [7, 11) is 0. The van der Waals surface area contributed by atoms with Crippen molar-refractivity contribution in [2.75, 3.05) is 13.2 Å². The van der Waals surface area contributed by atoms with Gasteiger partial charge in [-0.15, -0.1) is 0 Å². The standard InChI is InChI=1S/C40H79NO8/c1-3-5-7-9-11-13-15-16-17-18-20-21-23-25-27-29-34(43)33(32-48-40-39(47)38(46)37(45)35(31-42)49-40)41-36(44)30-28-26-24-22-19-14-12-10-8-6-4-2/h33-35,37-40,42-43,45-47H,3-32H2,1-2H3,(H,41,44). The first-order valence-corrected chi connectivity index (χ1v) is 20.7. The third kappa shape index (κ3) is 23.4. The first-order chi connectivity index (χ1) is 23.8. The molecular formula is C40H79NO8. The third-order valence-corrected chi connectivity index (χ3v) is 10.2. The van der Waals surface area contributed by atoms with E-state index in [-0.39, 0.29) is 12.5 Å². The minimum atomic E-state index is -1.55. The summed E-state index contributed by atoms with van der Waals surface area (Å²) in [5.41, 5.74) is 0. The lowest BCUT2D eigenvalue weighted by Gasteiger charge is -2.40. The molecule has 1 aliphatic rings. The first kappa shape index (κ1) is 46.2. The van der Waals surface area contributed by atoms with Crippen molar-refractivity contribution in [2.45, 2.75) is 236 Å². The Balaban J connectivity index is 2.37. The number of aliphatic hydroxyl groups is 5. The Morgan fingerprint density at radius 1 is 0.612 bits per heavy atom. The number of aliphatic hydroxyl groups excluding tert-OH is 5. The van der Waals surface area contributed by atoms with Gasteiger partial charge in [0.15, 0.2) is 6.29 Å². The molecular weight excluding hydrogens is 622 g/mol. The van der Waals surface area contributed by atoms with Crippen molar-refractivity contribution >= 4 is 5.91 Å². The summed E-state index contributed by atoms with van der Waals surface area (Å²) in [6.07, 6.45) is 25.3. The van der Waals surface area contributed by atoms with Gasteiger partial charge in [-0.3, -0.25) is 4.79 Å². The summed E-state index contributed by atoms with van der Waals surface area (Å²) in [5, 5.41) is 54.1. The van der Waals surface area contributed by atoms with E-state index in [4.69, 9.17) is 9.47 Å². The summed E-state index contributed by atoms with van der Waals surface area (Å²) < 4.78 is 11.2. The summed E-state index contributed by atoms with van der Waals surface area (Å²) in [6, 6.07) is -0.709. The smallest absolute Gasteiger partial charge is 0.220 e. The minimum absolute atomic E-state index is 0.132. The monoisotopic (exact) mass is 702 g/mol. The zero-order chi connectivity index (χ0) is 36.0. The molecule has 0 bridgehead atoms. The summed E-state index contributed by atoms with van der Waals surface area (Å²) in [6.45, 7) is 3.82. The highest BCUT2D eigenvalue weighted by molar-refractivity contribution is 5.76. The summed E-state index contributed by atoms with van der Waals surface area (Å²) >= 11 is 0. The molecule has 1 fully saturated rings. The maximum Gasteiger partial charge on any atom is 0.220 e. The van der Waals surface area contributed by atoms with Crippen molar-refractivity contribution in [1.82, 2.24) is 5.32 Å².